The smallest absolute Gasteiger partial charge is 0.246 e. The number of carbonyl (C=O) groups excluding carboxylic acids is 4. The molecule has 1 saturated heterocycles. The molecule has 4 rings (SSSR count). The number of nitrogens with one attached hydrogen (secondary N) is 2. The lowest BCUT2D eigenvalue weighted by atomic mass is 9.85. The molecule has 0 saturated carbocycles. The van der Waals surface area contributed by atoms with Crippen molar-refractivity contribution in [2.75, 3.05) is 6.54 Å². The molecule has 2 aromatic carbocycles. The number of thiazole rings is 1. The molecule has 4 amide bonds. The van der Waals surface area contributed by atoms with Crippen LogP contribution in [0.25, 0.3) is 10.4 Å². The summed E-state index contributed by atoms with van der Waals surface area (Å²) in [5, 5.41) is 16.5. The van der Waals surface area contributed by atoms with Gasteiger partial charge in [-0.3, -0.25) is 19.2 Å². The maximum Gasteiger partial charge on any atom is 0.246 e. The van der Waals surface area contributed by atoms with Gasteiger partial charge in [-0.05, 0) is 74.6 Å². The van der Waals surface area contributed by atoms with E-state index in [9.17, 15) is 28.7 Å². The molecule has 0 bridgehead atoms. The molecule has 1 fully saturated rings. The molecule has 12 nitrogen and oxygen atoms in total. The lowest BCUT2D eigenvalue weighted by Crippen LogP contribution is -2.57. The number of aryl methyl sites for hydroxylation is 2. The molecule has 0 aliphatic carbocycles. The fourth-order valence-electron chi connectivity index (χ4n) is 6.62. The van der Waals surface area contributed by atoms with E-state index in [-0.39, 0.29) is 56.4 Å². The molecule has 300 valence electrons. The second-order valence-electron chi connectivity index (χ2n) is 15.7. The van der Waals surface area contributed by atoms with Crippen molar-refractivity contribution in [2.45, 2.75) is 129 Å². The molecule has 2 heterocycles. The quantitative estimate of drug-likeness (QED) is 0.113. The zero-order valence-corrected chi connectivity index (χ0v) is 33.6. The summed E-state index contributed by atoms with van der Waals surface area (Å²) in [6, 6.07) is 10.3. The van der Waals surface area contributed by atoms with Crippen LogP contribution < -0.4 is 22.1 Å². The SMILES string of the molecule is Cc1ncsc1-c1ccc([C@H](C)NC(=O)[C@@H]2C[C@@H](O)CN2C(=O)[C@@H](NC(=O)CCCCc2ccc(CO[C@H](C)[C@@H](N)CCC(N)=O)c(F)c2)C(C)(C)C)cc1. The fourth-order valence-corrected chi connectivity index (χ4v) is 7.43. The van der Waals surface area contributed by atoms with Crippen molar-refractivity contribution in [2.24, 2.45) is 16.9 Å². The number of unbranched alkanes of at least 4 members (excludes halogenated alkanes) is 1. The van der Waals surface area contributed by atoms with E-state index in [1.54, 1.807) is 24.3 Å². The van der Waals surface area contributed by atoms with Crippen LogP contribution in [0, 0.1) is 18.2 Å². The average molecular weight is 781 g/mol. The van der Waals surface area contributed by atoms with Crippen LogP contribution in [0.5, 0.6) is 0 Å². The van der Waals surface area contributed by atoms with Gasteiger partial charge in [0.15, 0.2) is 0 Å². The topological polar surface area (TPSA) is 190 Å². The van der Waals surface area contributed by atoms with Gasteiger partial charge >= 0.3 is 0 Å². The third-order valence-corrected chi connectivity index (χ3v) is 11.1. The van der Waals surface area contributed by atoms with E-state index in [1.165, 1.54) is 11.0 Å². The van der Waals surface area contributed by atoms with E-state index in [0.29, 0.717) is 31.2 Å². The van der Waals surface area contributed by atoms with Gasteiger partial charge in [-0.1, -0.05) is 57.2 Å². The molecule has 1 aliphatic heterocycles. The normalized spacial score (nSPS) is 18.0. The first kappa shape index (κ1) is 43.5. The second kappa shape index (κ2) is 19.6. The minimum absolute atomic E-state index is 0.0123. The van der Waals surface area contributed by atoms with Crippen molar-refractivity contribution in [3.8, 4) is 10.4 Å². The van der Waals surface area contributed by atoms with E-state index >= 15 is 0 Å². The van der Waals surface area contributed by atoms with E-state index in [0.717, 1.165) is 27.3 Å². The first-order valence-electron chi connectivity index (χ1n) is 19.0. The number of rotatable bonds is 18. The molecule has 7 N–H and O–H groups in total. The molecule has 0 spiro atoms. The zero-order chi connectivity index (χ0) is 40.4. The molecule has 0 unspecified atom stereocenters. The number of aliphatic hydroxyl groups excluding tert-OH is 1. The van der Waals surface area contributed by atoms with Gasteiger partial charge in [0.25, 0.3) is 0 Å². The number of halogens is 1. The van der Waals surface area contributed by atoms with Gasteiger partial charge in [-0.2, -0.15) is 0 Å². The number of nitrogens with zero attached hydrogens (tertiary/aromatic N) is 2. The van der Waals surface area contributed by atoms with E-state index in [2.05, 4.69) is 15.6 Å². The van der Waals surface area contributed by atoms with Crippen LogP contribution in [0.1, 0.15) is 102 Å². The Bertz CT molecular complexity index is 1780. The van der Waals surface area contributed by atoms with Crippen molar-refractivity contribution >= 4 is 35.0 Å². The fraction of sp³-hybridized carbons (Fsp3) is 0.537. The number of likely N-dealkylation sites (tertiary alicyclic amines) is 1. The number of aromatic nitrogens is 1. The third-order valence-electron chi connectivity index (χ3n) is 10.1. The second-order valence-corrected chi connectivity index (χ2v) is 16.6. The minimum atomic E-state index is -0.926. The molecular formula is C41H57FN6O6S. The molecule has 14 heteroatoms. The zero-order valence-electron chi connectivity index (χ0n) is 32.8. The van der Waals surface area contributed by atoms with Crippen LogP contribution in [-0.2, 0) is 36.9 Å². The average Bonchev–Trinajstić information content (AvgIpc) is 3.75. The highest BCUT2D eigenvalue weighted by Gasteiger charge is 2.44. The van der Waals surface area contributed by atoms with Crippen molar-refractivity contribution in [3.63, 3.8) is 0 Å². The van der Waals surface area contributed by atoms with Crippen LogP contribution in [-0.4, -0.2) is 75.5 Å². The Morgan fingerprint density at radius 1 is 1.07 bits per heavy atom. The number of carbonyl (C=O) groups is 4. The number of β-amino-alcohol motifs (C(OH)–C–C–N with tert-alkyl or cyclic N) is 1. The lowest BCUT2D eigenvalue weighted by Gasteiger charge is -2.35. The van der Waals surface area contributed by atoms with Crippen molar-refractivity contribution < 1.29 is 33.4 Å². The van der Waals surface area contributed by atoms with Crippen LogP contribution >= 0.6 is 11.3 Å². The van der Waals surface area contributed by atoms with Gasteiger partial charge in [0, 0.05) is 37.4 Å². The highest BCUT2D eigenvalue weighted by molar-refractivity contribution is 7.13. The standard InChI is InChI=1S/C41H57FN6O6S/c1-24(28-13-15-29(16-14-28)37-25(2)45-23-55-37)46-39(52)34-20-31(49)21-48(34)40(53)38(41(4,5)6)47-36(51)10-8-7-9-27-11-12-30(32(42)19-27)22-54-26(3)33(43)17-18-35(44)50/h11-16,19,23-24,26,31,33-34,38,49H,7-10,17-18,20-22,43H2,1-6H3,(H2,44,50)(H,46,52)(H,47,51)/t24-,26+,31+,33-,34-,38+/m0/s1. The Balaban J connectivity index is 1.27. The molecular weight excluding hydrogens is 724 g/mol. The Labute approximate surface area is 327 Å². The van der Waals surface area contributed by atoms with Gasteiger partial charge < -0.3 is 36.8 Å². The molecule has 1 aliphatic rings. The maximum absolute atomic E-state index is 14.8. The number of benzene rings is 2. The monoisotopic (exact) mass is 780 g/mol. The largest absolute Gasteiger partial charge is 0.391 e. The van der Waals surface area contributed by atoms with Gasteiger partial charge in [-0.15, -0.1) is 11.3 Å². The summed E-state index contributed by atoms with van der Waals surface area (Å²) in [6.07, 6.45) is 1.23. The Kier molecular flexibility index (Phi) is 15.5. The number of hydrogen-bond donors (Lipinski definition) is 5. The highest BCUT2D eigenvalue weighted by atomic mass is 32.1. The number of primary amides is 1. The van der Waals surface area contributed by atoms with E-state index < -0.39 is 47.3 Å². The Morgan fingerprint density at radius 2 is 1.78 bits per heavy atom. The van der Waals surface area contributed by atoms with Gasteiger partial charge in [0.05, 0.1) is 40.9 Å². The summed E-state index contributed by atoms with van der Waals surface area (Å²) in [5.74, 6) is -1.93. The lowest BCUT2D eigenvalue weighted by molar-refractivity contribution is -0.144. The van der Waals surface area contributed by atoms with Crippen LogP contribution in [0.2, 0.25) is 0 Å². The number of amides is 4. The van der Waals surface area contributed by atoms with Crippen LogP contribution in [0.3, 0.4) is 0 Å². The van der Waals surface area contributed by atoms with Gasteiger partial charge in [-0.25, -0.2) is 9.37 Å². The summed E-state index contributed by atoms with van der Waals surface area (Å²) in [7, 11) is 0. The minimum Gasteiger partial charge on any atom is -0.391 e. The van der Waals surface area contributed by atoms with Gasteiger partial charge in [0.1, 0.15) is 17.9 Å². The van der Waals surface area contributed by atoms with E-state index in [4.69, 9.17) is 16.2 Å². The molecule has 1 aromatic heterocycles. The first-order chi connectivity index (χ1) is 25.9. The summed E-state index contributed by atoms with van der Waals surface area (Å²) in [4.78, 5) is 58.6. The first-order valence-corrected chi connectivity index (χ1v) is 19.8. The third kappa shape index (κ3) is 12.4. The Morgan fingerprint density at radius 3 is 2.40 bits per heavy atom. The molecule has 3 aromatic rings. The van der Waals surface area contributed by atoms with Gasteiger partial charge in [0.2, 0.25) is 23.6 Å². The van der Waals surface area contributed by atoms with Crippen molar-refractivity contribution in [1.29, 1.82) is 0 Å². The number of aliphatic hydroxyl groups is 1. The predicted molar refractivity (Wildman–Crippen MR) is 211 cm³/mol. The molecule has 0 radical (unpaired) electrons. The number of hydrogen-bond acceptors (Lipinski definition) is 9. The highest BCUT2D eigenvalue weighted by Crippen LogP contribution is 2.30. The predicted octanol–water partition coefficient (Wildman–Crippen LogP) is 4.84. The van der Waals surface area contributed by atoms with Crippen LogP contribution in [0.15, 0.2) is 48.0 Å². The summed E-state index contributed by atoms with van der Waals surface area (Å²) >= 11 is 1.57. The Hall–Kier alpha value is -4.24. The summed E-state index contributed by atoms with van der Waals surface area (Å²) < 4.78 is 20.6. The number of nitrogens with two attached hydrogens (primary N) is 2. The van der Waals surface area contributed by atoms with E-state index in [1.807, 2.05) is 70.5 Å². The number of ether oxygens (including phenoxy) is 1. The summed E-state index contributed by atoms with van der Waals surface area (Å²) in [5.41, 5.74) is 16.4. The van der Waals surface area contributed by atoms with Crippen molar-refractivity contribution in [1.82, 2.24) is 20.5 Å². The summed E-state index contributed by atoms with van der Waals surface area (Å²) in [6.45, 7) is 11.2. The molecule has 6 atom stereocenters. The molecule has 55 heavy (non-hydrogen) atoms. The van der Waals surface area contributed by atoms with Crippen LogP contribution in [0.4, 0.5) is 4.39 Å². The maximum atomic E-state index is 14.8. The van der Waals surface area contributed by atoms with Crippen molar-refractivity contribution in [3.05, 3.63) is 76.2 Å².